The molecule has 4 heteroatoms. The van der Waals surface area contributed by atoms with Crippen LogP contribution in [-0.4, -0.2) is 22.3 Å². The van der Waals surface area contributed by atoms with E-state index in [2.05, 4.69) is 11.1 Å². The first kappa shape index (κ1) is 15.7. The SMILES string of the molecule is N#CCCN(Cc1cccnc1)C(=O)c1ccc2ccccc2c1. The summed E-state index contributed by atoms with van der Waals surface area (Å²) in [4.78, 5) is 18.7. The van der Waals surface area contributed by atoms with E-state index in [1.54, 1.807) is 17.3 Å². The van der Waals surface area contributed by atoms with Crippen molar-refractivity contribution in [3.63, 3.8) is 0 Å². The van der Waals surface area contributed by atoms with Crippen molar-refractivity contribution in [3.05, 3.63) is 78.1 Å². The third-order valence-electron chi connectivity index (χ3n) is 3.87. The van der Waals surface area contributed by atoms with Crippen LogP contribution in [0.15, 0.2) is 67.0 Å². The van der Waals surface area contributed by atoms with Crippen molar-refractivity contribution in [2.75, 3.05) is 6.54 Å². The maximum Gasteiger partial charge on any atom is 0.254 e. The van der Waals surface area contributed by atoms with Gasteiger partial charge in [0.2, 0.25) is 0 Å². The Bertz CT molecular complexity index is 884. The van der Waals surface area contributed by atoms with Gasteiger partial charge >= 0.3 is 0 Å². The quantitative estimate of drug-likeness (QED) is 0.719. The summed E-state index contributed by atoms with van der Waals surface area (Å²) in [6.07, 6.45) is 3.75. The Morgan fingerprint density at radius 1 is 1.08 bits per heavy atom. The summed E-state index contributed by atoms with van der Waals surface area (Å²) in [6.45, 7) is 0.845. The van der Waals surface area contributed by atoms with Crippen molar-refractivity contribution in [1.29, 1.82) is 5.26 Å². The standard InChI is InChI=1S/C20H17N3O/c21-10-4-12-23(15-16-5-3-11-22-14-16)20(24)19-9-8-17-6-1-2-7-18(17)13-19/h1-3,5-9,11,13-14H,4,12,15H2. The molecule has 3 aromatic rings. The van der Waals surface area contributed by atoms with Gasteiger partial charge in [0.25, 0.3) is 5.91 Å². The van der Waals surface area contributed by atoms with Crippen molar-refractivity contribution in [1.82, 2.24) is 9.88 Å². The number of carbonyl (C=O) groups is 1. The molecule has 0 unspecified atom stereocenters. The van der Waals surface area contributed by atoms with E-state index in [9.17, 15) is 4.79 Å². The highest BCUT2D eigenvalue weighted by atomic mass is 16.2. The number of aromatic nitrogens is 1. The molecule has 0 N–H and O–H groups in total. The zero-order valence-corrected chi connectivity index (χ0v) is 13.2. The fourth-order valence-electron chi connectivity index (χ4n) is 2.65. The second-order valence-electron chi connectivity index (χ2n) is 5.56. The van der Waals surface area contributed by atoms with Crippen LogP contribution >= 0.6 is 0 Å². The molecule has 0 aliphatic heterocycles. The molecule has 1 heterocycles. The largest absolute Gasteiger partial charge is 0.333 e. The van der Waals surface area contributed by atoms with Crippen LogP contribution in [0, 0.1) is 11.3 Å². The number of nitriles is 1. The summed E-state index contributed by atoms with van der Waals surface area (Å²) in [5.74, 6) is -0.0696. The number of pyridine rings is 1. The van der Waals surface area contributed by atoms with Gasteiger partial charge in [0, 0.05) is 31.0 Å². The zero-order chi connectivity index (χ0) is 16.8. The fraction of sp³-hybridized carbons (Fsp3) is 0.150. The Balaban J connectivity index is 1.87. The molecule has 0 bridgehead atoms. The number of rotatable bonds is 5. The number of amides is 1. The van der Waals surface area contributed by atoms with E-state index in [-0.39, 0.29) is 5.91 Å². The van der Waals surface area contributed by atoms with Gasteiger partial charge in [-0.3, -0.25) is 9.78 Å². The summed E-state index contributed by atoms with van der Waals surface area (Å²) in [5.41, 5.74) is 1.58. The number of hydrogen-bond acceptors (Lipinski definition) is 3. The minimum Gasteiger partial charge on any atom is -0.333 e. The van der Waals surface area contributed by atoms with Gasteiger partial charge in [-0.2, -0.15) is 5.26 Å². The Labute approximate surface area is 141 Å². The maximum atomic E-state index is 12.9. The summed E-state index contributed by atoms with van der Waals surface area (Å²) in [7, 11) is 0. The zero-order valence-electron chi connectivity index (χ0n) is 13.2. The lowest BCUT2D eigenvalue weighted by Gasteiger charge is -2.22. The first-order valence-electron chi connectivity index (χ1n) is 7.82. The molecule has 0 aliphatic rings. The van der Waals surface area contributed by atoms with Gasteiger partial charge in [-0.1, -0.05) is 36.4 Å². The molecule has 0 fully saturated rings. The minimum atomic E-state index is -0.0696. The normalized spacial score (nSPS) is 10.3. The van der Waals surface area contributed by atoms with Crippen LogP contribution < -0.4 is 0 Å². The predicted octanol–water partition coefficient (Wildman–Crippen LogP) is 3.79. The van der Waals surface area contributed by atoms with E-state index >= 15 is 0 Å². The second-order valence-corrected chi connectivity index (χ2v) is 5.56. The van der Waals surface area contributed by atoms with Gasteiger partial charge in [-0.25, -0.2) is 0 Å². The minimum absolute atomic E-state index is 0.0696. The van der Waals surface area contributed by atoms with Crippen LogP contribution in [0.2, 0.25) is 0 Å². The van der Waals surface area contributed by atoms with Crippen LogP contribution in [0.4, 0.5) is 0 Å². The number of nitrogens with zero attached hydrogens (tertiary/aromatic N) is 3. The summed E-state index contributed by atoms with van der Waals surface area (Å²) < 4.78 is 0. The van der Waals surface area contributed by atoms with Gasteiger partial charge in [0.05, 0.1) is 12.5 Å². The Hall–Kier alpha value is -3.19. The predicted molar refractivity (Wildman–Crippen MR) is 93.2 cm³/mol. The molecule has 3 rings (SSSR count). The van der Waals surface area contributed by atoms with Gasteiger partial charge in [-0.05, 0) is 34.5 Å². The highest BCUT2D eigenvalue weighted by Gasteiger charge is 2.16. The molecule has 0 atom stereocenters. The molecule has 4 nitrogen and oxygen atoms in total. The maximum absolute atomic E-state index is 12.9. The van der Waals surface area contributed by atoms with E-state index in [0.717, 1.165) is 16.3 Å². The molecule has 118 valence electrons. The summed E-state index contributed by atoms with van der Waals surface area (Å²) >= 11 is 0. The van der Waals surface area contributed by atoms with Gasteiger partial charge in [0.15, 0.2) is 0 Å². The average Bonchev–Trinajstić information content (AvgIpc) is 2.65. The van der Waals surface area contributed by atoms with Crippen LogP contribution in [0.1, 0.15) is 22.3 Å². The van der Waals surface area contributed by atoms with E-state index in [1.165, 1.54) is 0 Å². The molecule has 2 aromatic carbocycles. The topological polar surface area (TPSA) is 57.0 Å². The van der Waals surface area contributed by atoms with Gasteiger partial charge in [0.1, 0.15) is 0 Å². The lowest BCUT2D eigenvalue weighted by Crippen LogP contribution is -2.31. The van der Waals surface area contributed by atoms with Crippen LogP contribution in [0.25, 0.3) is 10.8 Å². The van der Waals surface area contributed by atoms with E-state index in [1.807, 2.05) is 54.6 Å². The summed E-state index contributed by atoms with van der Waals surface area (Å²) in [5, 5.41) is 11.0. The Morgan fingerprint density at radius 3 is 2.67 bits per heavy atom. The second kappa shape index (κ2) is 7.38. The van der Waals surface area contributed by atoms with E-state index < -0.39 is 0 Å². The molecular formula is C20H17N3O. The number of hydrogen-bond donors (Lipinski definition) is 0. The number of carbonyl (C=O) groups excluding carboxylic acids is 1. The van der Waals surface area contributed by atoms with Crippen molar-refractivity contribution in [3.8, 4) is 6.07 Å². The molecule has 0 aliphatic carbocycles. The molecule has 24 heavy (non-hydrogen) atoms. The summed E-state index contributed by atoms with van der Waals surface area (Å²) in [6, 6.07) is 19.5. The monoisotopic (exact) mass is 315 g/mol. The molecule has 0 saturated carbocycles. The van der Waals surface area contributed by atoms with Crippen LogP contribution in [0.5, 0.6) is 0 Å². The van der Waals surface area contributed by atoms with Gasteiger partial charge < -0.3 is 4.90 Å². The van der Waals surface area contributed by atoms with Crippen molar-refractivity contribution < 1.29 is 4.79 Å². The van der Waals surface area contributed by atoms with E-state index in [4.69, 9.17) is 5.26 Å². The third kappa shape index (κ3) is 3.58. The average molecular weight is 315 g/mol. The molecule has 1 aromatic heterocycles. The van der Waals surface area contributed by atoms with Crippen LogP contribution in [0.3, 0.4) is 0 Å². The lowest BCUT2D eigenvalue weighted by atomic mass is 10.1. The Kier molecular flexibility index (Phi) is 4.83. The Morgan fingerprint density at radius 2 is 1.92 bits per heavy atom. The smallest absolute Gasteiger partial charge is 0.254 e. The molecule has 0 saturated heterocycles. The van der Waals surface area contributed by atoms with Gasteiger partial charge in [-0.15, -0.1) is 0 Å². The first-order chi connectivity index (χ1) is 11.8. The molecular weight excluding hydrogens is 298 g/mol. The van der Waals surface area contributed by atoms with Crippen molar-refractivity contribution >= 4 is 16.7 Å². The third-order valence-corrected chi connectivity index (χ3v) is 3.87. The fourth-order valence-corrected chi connectivity index (χ4v) is 2.65. The van der Waals surface area contributed by atoms with E-state index in [0.29, 0.717) is 25.1 Å². The first-order valence-corrected chi connectivity index (χ1v) is 7.82. The lowest BCUT2D eigenvalue weighted by molar-refractivity contribution is 0.0747. The highest BCUT2D eigenvalue weighted by Crippen LogP contribution is 2.18. The number of benzene rings is 2. The number of fused-ring (bicyclic) bond motifs is 1. The highest BCUT2D eigenvalue weighted by molar-refractivity contribution is 5.98. The molecule has 0 radical (unpaired) electrons. The van der Waals surface area contributed by atoms with Crippen molar-refractivity contribution in [2.24, 2.45) is 0 Å². The molecule has 1 amide bonds. The van der Waals surface area contributed by atoms with Crippen molar-refractivity contribution in [2.45, 2.75) is 13.0 Å². The molecule has 0 spiro atoms. The van der Waals surface area contributed by atoms with Crippen LogP contribution in [-0.2, 0) is 6.54 Å².